The van der Waals surface area contributed by atoms with E-state index in [1.54, 1.807) is 0 Å². The molecule has 0 radical (unpaired) electrons. The van der Waals surface area contributed by atoms with Crippen molar-refractivity contribution in [1.82, 2.24) is 0 Å². The average molecular weight is 685 g/mol. The summed E-state index contributed by atoms with van der Waals surface area (Å²) in [7, 11) is 0. The lowest BCUT2D eigenvalue weighted by molar-refractivity contribution is -0.306. The Labute approximate surface area is 279 Å². The summed E-state index contributed by atoms with van der Waals surface area (Å²) >= 11 is 0. The Morgan fingerprint density at radius 3 is 1.60 bits per heavy atom. The molecule has 0 aliphatic carbocycles. The van der Waals surface area contributed by atoms with Crippen LogP contribution >= 0.6 is 0 Å². The third kappa shape index (κ3) is 15.2. The van der Waals surface area contributed by atoms with Crippen LogP contribution in [0.1, 0.15) is 94.4 Å². The third-order valence-electron chi connectivity index (χ3n) is 8.39. The van der Waals surface area contributed by atoms with Crippen molar-refractivity contribution in [3.63, 3.8) is 0 Å². The SMILES string of the molecule is CC(C)(C)CC(C)(C)CC(O)C(O)CC(C)(C)CC(C)(C)CC(=O)OCC(O)[C@@H](O)[C@H](O)[C@H](O)CO[C@H]1OC(CO)[C@@H](O)[C@H](O)C1O. The predicted molar refractivity (Wildman–Crippen MR) is 171 cm³/mol. The van der Waals surface area contributed by atoms with Crippen molar-refractivity contribution in [2.45, 2.75) is 162 Å². The van der Waals surface area contributed by atoms with Gasteiger partial charge in [0.05, 0.1) is 31.8 Å². The summed E-state index contributed by atoms with van der Waals surface area (Å²) in [6.07, 6.45) is -15.2. The Bertz CT molecular complexity index is 933. The van der Waals surface area contributed by atoms with Gasteiger partial charge in [-0.1, -0.05) is 62.3 Å². The number of aliphatic hydroxyl groups is 10. The second-order valence-corrected chi connectivity index (χ2v) is 17.0. The van der Waals surface area contributed by atoms with Gasteiger partial charge < -0.3 is 65.3 Å². The number of carbonyl (C=O) groups excluding carboxylic acids is 1. The first-order chi connectivity index (χ1) is 21.2. The normalized spacial score (nSPS) is 27.1. The predicted octanol–water partition coefficient (Wildman–Crippen LogP) is -0.413. The van der Waals surface area contributed by atoms with E-state index in [4.69, 9.17) is 14.2 Å². The van der Waals surface area contributed by atoms with Gasteiger partial charge in [-0.15, -0.1) is 0 Å². The largest absolute Gasteiger partial charge is 0.463 e. The zero-order valence-corrected chi connectivity index (χ0v) is 29.6. The molecule has 0 spiro atoms. The van der Waals surface area contributed by atoms with Crippen molar-refractivity contribution in [3.8, 4) is 0 Å². The van der Waals surface area contributed by atoms with E-state index in [-0.39, 0.29) is 17.3 Å². The summed E-state index contributed by atoms with van der Waals surface area (Å²) in [6.45, 7) is 16.1. The fourth-order valence-electron chi connectivity index (χ4n) is 7.01. The Balaban J connectivity index is 2.59. The fraction of sp³-hybridized carbons (Fsp3) is 0.970. The maximum absolute atomic E-state index is 12.7. The zero-order valence-electron chi connectivity index (χ0n) is 29.6. The highest BCUT2D eigenvalue weighted by Crippen LogP contribution is 2.41. The van der Waals surface area contributed by atoms with Crippen LogP contribution in [0.15, 0.2) is 0 Å². The molecule has 0 aromatic rings. The van der Waals surface area contributed by atoms with Gasteiger partial charge in [0.15, 0.2) is 6.29 Å². The second-order valence-electron chi connectivity index (χ2n) is 17.0. The Kier molecular flexibility index (Phi) is 16.6. The molecule has 0 amide bonds. The number of hydrogen-bond acceptors (Lipinski definition) is 14. The Hall–Kier alpha value is -1.01. The van der Waals surface area contributed by atoms with E-state index in [1.165, 1.54) is 0 Å². The molecule has 5 unspecified atom stereocenters. The van der Waals surface area contributed by atoms with Crippen LogP contribution in [0.4, 0.5) is 0 Å². The highest BCUT2D eigenvalue weighted by molar-refractivity contribution is 5.70. The van der Waals surface area contributed by atoms with Gasteiger partial charge in [-0.2, -0.15) is 0 Å². The molecular weight excluding hydrogens is 620 g/mol. The van der Waals surface area contributed by atoms with E-state index in [0.29, 0.717) is 19.3 Å². The second kappa shape index (κ2) is 17.8. The molecule has 0 bridgehead atoms. The van der Waals surface area contributed by atoms with Gasteiger partial charge in [0, 0.05) is 0 Å². The van der Waals surface area contributed by atoms with Crippen LogP contribution < -0.4 is 0 Å². The van der Waals surface area contributed by atoms with Crippen LogP contribution in [-0.2, 0) is 19.0 Å². The molecule has 14 heteroatoms. The minimum atomic E-state index is -1.98. The van der Waals surface area contributed by atoms with E-state index < -0.39 is 104 Å². The fourth-order valence-corrected chi connectivity index (χ4v) is 7.01. The molecule has 1 fully saturated rings. The molecule has 11 atom stereocenters. The summed E-state index contributed by atoms with van der Waals surface area (Å²) in [5.41, 5.74) is -1.14. The highest BCUT2D eigenvalue weighted by Gasteiger charge is 2.45. The molecule has 1 aliphatic rings. The third-order valence-corrected chi connectivity index (χ3v) is 8.39. The minimum Gasteiger partial charge on any atom is -0.463 e. The van der Waals surface area contributed by atoms with Crippen LogP contribution in [0.25, 0.3) is 0 Å². The van der Waals surface area contributed by atoms with Gasteiger partial charge in [0.25, 0.3) is 0 Å². The molecule has 47 heavy (non-hydrogen) atoms. The topological polar surface area (TPSA) is 247 Å². The summed E-state index contributed by atoms with van der Waals surface area (Å²) in [4.78, 5) is 12.7. The van der Waals surface area contributed by atoms with Crippen molar-refractivity contribution in [1.29, 1.82) is 0 Å². The zero-order chi connectivity index (χ0) is 36.7. The number of hydrogen-bond donors (Lipinski definition) is 10. The van der Waals surface area contributed by atoms with E-state index in [2.05, 4.69) is 34.6 Å². The van der Waals surface area contributed by atoms with Crippen molar-refractivity contribution >= 4 is 5.97 Å². The number of rotatable bonds is 19. The van der Waals surface area contributed by atoms with Crippen LogP contribution in [0.3, 0.4) is 0 Å². The van der Waals surface area contributed by atoms with Gasteiger partial charge in [-0.05, 0) is 47.3 Å². The first-order valence-corrected chi connectivity index (χ1v) is 16.4. The first kappa shape index (κ1) is 44.0. The maximum Gasteiger partial charge on any atom is 0.306 e. The molecule has 0 aromatic carbocycles. The van der Waals surface area contributed by atoms with E-state index >= 15 is 0 Å². The van der Waals surface area contributed by atoms with Crippen LogP contribution in [0.2, 0.25) is 0 Å². The van der Waals surface area contributed by atoms with Gasteiger partial charge >= 0.3 is 5.97 Å². The van der Waals surface area contributed by atoms with Gasteiger partial charge in [0.1, 0.15) is 55.4 Å². The molecule has 280 valence electrons. The monoisotopic (exact) mass is 684 g/mol. The molecule has 14 nitrogen and oxygen atoms in total. The molecule has 1 aliphatic heterocycles. The molecule has 1 saturated heterocycles. The van der Waals surface area contributed by atoms with Crippen molar-refractivity contribution < 1.29 is 70.1 Å². The van der Waals surface area contributed by atoms with Crippen molar-refractivity contribution in [2.75, 3.05) is 19.8 Å². The lowest BCUT2D eigenvalue weighted by Gasteiger charge is -2.40. The summed E-state index contributed by atoms with van der Waals surface area (Å²) < 4.78 is 15.4. The summed E-state index contributed by atoms with van der Waals surface area (Å²) in [5, 5.41) is 102. The van der Waals surface area contributed by atoms with Gasteiger partial charge in [0.2, 0.25) is 0 Å². The van der Waals surface area contributed by atoms with Crippen LogP contribution in [0, 0.1) is 21.7 Å². The van der Waals surface area contributed by atoms with Crippen molar-refractivity contribution in [3.05, 3.63) is 0 Å². The molecule has 1 heterocycles. The first-order valence-electron chi connectivity index (χ1n) is 16.4. The molecule has 0 saturated carbocycles. The average Bonchev–Trinajstić information content (AvgIpc) is 2.90. The smallest absolute Gasteiger partial charge is 0.306 e. The number of carbonyl (C=O) groups is 1. The van der Waals surface area contributed by atoms with Crippen molar-refractivity contribution in [2.24, 2.45) is 21.7 Å². The molecule has 0 aromatic heterocycles. The van der Waals surface area contributed by atoms with Gasteiger partial charge in [-0.25, -0.2) is 0 Å². The molecular formula is C33H64O14. The molecule has 1 rings (SSSR count). The lowest BCUT2D eigenvalue weighted by atomic mass is 9.69. The standard InChI is InChI=1S/C33H64O14/c1-30(2,3)16-31(4,5)10-18(35)19(36)11-32(6,7)17-33(8,9)12-23(39)45-14-20(37)24(40)25(41)21(38)15-46-29-28(44)27(43)26(42)22(13-34)47-29/h18-22,24-29,34-38,40-44H,10-17H2,1-9H3/t18?,19?,20?,21-,22?,24-,25-,26-,27+,28?,29+/m1/s1. The van der Waals surface area contributed by atoms with E-state index in [0.717, 1.165) is 6.42 Å². The Morgan fingerprint density at radius 2 is 1.13 bits per heavy atom. The summed E-state index contributed by atoms with van der Waals surface area (Å²) in [6, 6.07) is 0. The van der Waals surface area contributed by atoms with Gasteiger partial charge in [-0.3, -0.25) is 4.79 Å². The highest BCUT2D eigenvalue weighted by atomic mass is 16.7. The van der Waals surface area contributed by atoms with Crippen LogP contribution in [0.5, 0.6) is 0 Å². The summed E-state index contributed by atoms with van der Waals surface area (Å²) in [5.74, 6) is -0.678. The number of esters is 1. The lowest BCUT2D eigenvalue weighted by Crippen LogP contribution is -2.59. The Morgan fingerprint density at radius 1 is 0.660 bits per heavy atom. The maximum atomic E-state index is 12.7. The quantitative estimate of drug-likeness (QED) is 0.0778. The van der Waals surface area contributed by atoms with Crippen LogP contribution in [-0.4, -0.2) is 144 Å². The number of aliphatic hydroxyl groups excluding tert-OH is 10. The molecule has 10 N–H and O–H groups in total. The minimum absolute atomic E-state index is 0.0609. The van der Waals surface area contributed by atoms with E-state index in [9.17, 15) is 55.9 Å². The number of ether oxygens (including phenoxy) is 3. The van der Waals surface area contributed by atoms with E-state index in [1.807, 2.05) is 27.7 Å².